The van der Waals surface area contributed by atoms with Crippen LogP contribution < -0.4 is 0 Å². The van der Waals surface area contributed by atoms with Gasteiger partial charge >= 0.3 is 5.97 Å². The summed E-state index contributed by atoms with van der Waals surface area (Å²) in [5.41, 5.74) is -0.355. The maximum atomic E-state index is 12.1. The van der Waals surface area contributed by atoms with E-state index in [-0.39, 0.29) is 12.3 Å². The maximum Gasteiger partial charge on any atom is 0.329 e. The van der Waals surface area contributed by atoms with E-state index in [1.54, 1.807) is 25.1 Å². The van der Waals surface area contributed by atoms with Crippen LogP contribution in [0.15, 0.2) is 18.2 Å². The Morgan fingerprint density at radius 1 is 1.37 bits per heavy atom. The largest absolute Gasteiger partial charge is 0.480 e. The highest BCUT2D eigenvalue weighted by Crippen LogP contribution is 2.31. The molecule has 1 amide bonds. The number of likely N-dealkylation sites (tertiary alicyclic amines) is 1. The highest BCUT2D eigenvalue weighted by atomic mass is 35.5. The maximum absolute atomic E-state index is 12.1. The highest BCUT2D eigenvalue weighted by molar-refractivity contribution is 6.42. The molecule has 1 N–H and O–H groups in total. The molecule has 1 heterocycles. The van der Waals surface area contributed by atoms with E-state index >= 15 is 0 Å². The lowest BCUT2D eigenvalue weighted by molar-refractivity contribution is -0.168. The van der Waals surface area contributed by atoms with Crippen molar-refractivity contribution in [2.24, 2.45) is 0 Å². The minimum Gasteiger partial charge on any atom is -0.480 e. The molecule has 2 rings (SSSR count). The van der Waals surface area contributed by atoms with Crippen LogP contribution in [0.25, 0.3) is 0 Å². The molecule has 0 radical (unpaired) electrons. The Morgan fingerprint density at radius 3 is 2.53 bits per heavy atom. The van der Waals surface area contributed by atoms with Gasteiger partial charge in [-0.05, 0) is 31.0 Å². The van der Waals surface area contributed by atoms with Gasteiger partial charge in [-0.2, -0.15) is 0 Å². The molecule has 0 bridgehead atoms. The molecule has 0 aliphatic carbocycles. The summed E-state index contributed by atoms with van der Waals surface area (Å²) in [6, 6.07) is 4.96. The first-order valence-corrected chi connectivity index (χ1v) is 6.58. The van der Waals surface area contributed by atoms with E-state index < -0.39 is 11.5 Å². The third-order valence-electron chi connectivity index (χ3n) is 3.52. The fourth-order valence-corrected chi connectivity index (χ4v) is 2.42. The van der Waals surface area contributed by atoms with E-state index in [1.165, 1.54) is 4.90 Å². The van der Waals surface area contributed by atoms with E-state index in [0.29, 0.717) is 23.0 Å². The minimum atomic E-state index is -1.08. The summed E-state index contributed by atoms with van der Waals surface area (Å²) in [6.07, 6.45) is 0.606. The van der Waals surface area contributed by atoms with Gasteiger partial charge in [0.25, 0.3) is 0 Å². The summed E-state index contributed by atoms with van der Waals surface area (Å²) < 4.78 is 0. The molecular weight excluding hydrogens is 289 g/mol. The van der Waals surface area contributed by atoms with Crippen LogP contribution in [0.3, 0.4) is 0 Å². The second kappa shape index (κ2) is 5.02. The molecule has 0 aromatic heterocycles. The molecule has 1 atom stereocenters. The smallest absolute Gasteiger partial charge is 0.329 e. The lowest BCUT2D eigenvalue weighted by Gasteiger charge is -2.47. The van der Waals surface area contributed by atoms with Gasteiger partial charge in [0.2, 0.25) is 5.91 Å². The molecule has 19 heavy (non-hydrogen) atoms. The Bertz CT molecular complexity index is 547. The monoisotopic (exact) mass is 301 g/mol. The van der Waals surface area contributed by atoms with Crippen molar-refractivity contribution in [3.63, 3.8) is 0 Å². The topological polar surface area (TPSA) is 57.6 Å². The molecule has 1 unspecified atom stereocenters. The van der Waals surface area contributed by atoms with E-state index in [4.69, 9.17) is 28.3 Å². The van der Waals surface area contributed by atoms with Crippen LogP contribution >= 0.6 is 23.2 Å². The lowest BCUT2D eigenvalue weighted by Crippen LogP contribution is -2.64. The molecule has 0 saturated carbocycles. The first-order chi connectivity index (χ1) is 8.84. The minimum absolute atomic E-state index is 0.125. The second-order valence-electron chi connectivity index (χ2n) is 4.80. The van der Waals surface area contributed by atoms with Gasteiger partial charge in [-0.25, -0.2) is 4.79 Å². The third kappa shape index (κ3) is 2.55. The van der Waals surface area contributed by atoms with Crippen molar-refractivity contribution in [3.8, 4) is 0 Å². The molecule has 102 valence electrons. The van der Waals surface area contributed by atoms with Crippen LogP contribution in [0.1, 0.15) is 18.9 Å². The average Bonchev–Trinajstić information content (AvgIpc) is 2.31. The van der Waals surface area contributed by atoms with Crippen LogP contribution in [0.5, 0.6) is 0 Å². The van der Waals surface area contributed by atoms with Gasteiger partial charge in [0, 0.05) is 6.54 Å². The molecule has 1 saturated heterocycles. The number of amides is 1. The number of hydrogen-bond acceptors (Lipinski definition) is 2. The Hall–Kier alpha value is -1.26. The number of rotatable bonds is 3. The lowest BCUT2D eigenvalue weighted by atomic mass is 9.86. The van der Waals surface area contributed by atoms with Gasteiger partial charge in [-0.15, -0.1) is 0 Å². The number of aliphatic carboxylic acids is 1. The van der Waals surface area contributed by atoms with Gasteiger partial charge < -0.3 is 10.0 Å². The molecule has 0 spiro atoms. The third-order valence-corrected chi connectivity index (χ3v) is 4.26. The van der Waals surface area contributed by atoms with Gasteiger partial charge in [-0.1, -0.05) is 29.3 Å². The quantitative estimate of drug-likeness (QED) is 0.933. The normalized spacial score (nSPS) is 21.9. The number of carboxylic acids is 1. The van der Waals surface area contributed by atoms with E-state index in [1.807, 2.05) is 0 Å². The fourth-order valence-electron chi connectivity index (χ4n) is 2.10. The Morgan fingerprint density at radius 2 is 2.05 bits per heavy atom. The highest BCUT2D eigenvalue weighted by Gasteiger charge is 2.49. The molecule has 1 aromatic rings. The van der Waals surface area contributed by atoms with Crippen LogP contribution in [-0.4, -0.2) is 34.0 Å². The molecule has 1 aliphatic heterocycles. The van der Waals surface area contributed by atoms with Gasteiger partial charge in [0.15, 0.2) is 0 Å². The summed E-state index contributed by atoms with van der Waals surface area (Å²) >= 11 is 11.7. The molecule has 1 aliphatic rings. The first kappa shape index (κ1) is 14.2. The van der Waals surface area contributed by atoms with Crippen molar-refractivity contribution in [1.29, 1.82) is 0 Å². The van der Waals surface area contributed by atoms with Crippen LogP contribution in [0.2, 0.25) is 10.0 Å². The summed E-state index contributed by atoms with van der Waals surface area (Å²) in [4.78, 5) is 24.6. The number of halogens is 2. The van der Waals surface area contributed by atoms with Crippen LogP contribution in [-0.2, 0) is 16.0 Å². The second-order valence-corrected chi connectivity index (χ2v) is 5.61. The van der Waals surface area contributed by atoms with Gasteiger partial charge in [0.1, 0.15) is 5.54 Å². The Kier molecular flexibility index (Phi) is 3.74. The number of benzene rings is 1. The average molecular weight is 302 g/mol. The summed E-state index contributed by atoms with van der Waals surface area (Å²) in [5.74, 6) is -1.18. The predicted octanol–water partition coefficient (Wildman–Crippen LogP) is 2.61. The standard InChI is InChI=1S/C13H13Cl2NO3/c1-13(12(18)19)4-5-16(13)11(17)7-8-2-3-9(14)10(15)6-8/h2-3,6H,4-5,7H2,1H3,(H,18,19). The molecule has 1 aromatic carbocycles. The zero-order valence-corrected chi connectivity index (χ0v) is 11.8. The van der Waals surface area contributed by atoms with Crippen molar-refractivity contribution in [2.75, 3.05) is 6.54 Å². The van der Waals surface area contributed by atoms with Gasteiger partial charge in [-0.3, -0.25) is 4.79 Å². The van der Waals surface area contributed by atoms with Crippen molar-refractivity contribution < 1.29 is 14.7 Å². The zero-order valence-electron chi connectivity index (χ0n) is 10.3. The van der Waals surface area contributed by atoms with Crippen molar-refractivity contribution in [1.82, 2.24) is 4.90 Å². The Labute approximate surface area is 120 Å². The van der Waals surface area contributed by atoms with Crippen LogP contribution in [0.4, 0.5) is 0 Å². The number of carbonyl (C=O) groups excluding carboxylic acids is 1. The number of carboxylic acid groups (broad SMARTS) is 1. The molecule has 1 fully saturated rings. The number of nitrogens with zero attached hydrogens (tertiary/aromatic N) is 1. The fraction of sp³-hybridized carbons (Fsp3) is 0.385. The number of carbonyl (C=O) groups is 2. The van der Waals surface area contributed by atoms with Gasteiger partial charge in [0.05, 0.1) is 16.5 Å². The van der Waals surface area contributed by atoms with Crippen molar-refractivity contribution >= 4 is 35.1 Å². The van der Waals surface area contributed by atoms with E-state index in [9.17, 15) is 9.59 Å². The predicted molar refractivity (Wildman–Crippen MR) is 72.5 cm³/mol. The van der Waals surface area contributed by atoms with E-state index in [0.717, 1.165) is 5.56 Å². The zero-order chi connectivity index (χ0) is 14.2. The molecular formula is C13H13Cl2NO3. The summed E-state index contributed by atoms with van der Waals surface area (Å²) in [6.45, 7) is 2.04. The summed E-state index contributed by atoms with van der Waals surface area (Å²) in [7, 11) is 0. The Balaban J connectivity index is 2.10. The van der Waals surface area contributed by atoms with Crippen LogP contribution in [0, 0.1) is 0 Å². The van der Waals surface area contributed by atoms with Crippen molar-refractivity contribution in [2.45, 2.75) is 25.3 Å². The van der Waals surface area contributed by atoms with Crippen molar-refractivity contribution in [3.05, 3.63) is 33.8 Å². The molecule has 4 nitrogen and oxygen atoms in total. The SMILES string of the molecule is CC1(C(=O)O)CCN1C(=O)Cc1ccc(Cl)c(Cl)c1. The summed E-state index contributed by atoms with van der Waals surface area (Å²) in [5, 5.41) is 9.94. The van der Waals surface area contributed by atoms with E-state index in [2.05, 4.69) is 0 Å². The molecule has 6 heteroatoms. The first-order valence-electron chi connectivity index (χ1n) is 5.82. The number of hydrogen-bond donors (Lipinski definition) is 1.